The molecule has 5 rings (SSSR count). The third-order valence-electron chi connectivity index (χ3n) is 7.35. The Kier molecular flexibility index (Phi) is 2.80. The van der Waals surface area contributed by atoms with Gasteiger partial charge in [0.1, 0.15) is 11.4 Å². The summed E-state index contributed by atoms with van der Waals surface area (Å²) >= 11 is 0. The first-order valence-electron chi connectivity index (χ1n) is 9.25. The fourth-order valence-corrected chi connectivity index (χ4v) is 6.41. The number of methoxy groups -OCH3 is 1. The Hall–Kier alpha value is -1.35. The Morgan fingerprint density at radius 3 is 3.00 bits per heavy atom. The minimum absolute atomic E-state index is 0.179. The molecule has 122 valence electrons. The molecule has 2 saturated heterocycles. The Labute approximate surface area is 138 Å². The summed E-state index contributed by atoms with van der Waals surface area (Å²) in [6.45, 7) is 4.93. The van der Waals surface area contributed by atoms with Crippen molar-refractivity contribution in [1.29, 1.82) is 0 Å². The summed E-state index contributed by atoms with van der Waals surface area (Å²) in [6, 6.07) is 7.23. The summed E-state index contributed by atoms with van der Waals surface area (Å²) in [5.74, 6) is 0.954. The van der Waals surface area contributed by atoms with Gasteiger partial charge in [0, 0.05) is 11.8 Å². The Morgan fingerprint density at radius 2 is 2.17 bits per heavy atom. The molecule has 1 aliphatic carbocycles. The number of aliphatic imine (C=N–C) groups is 1. The molecule has 23 heavy (non-hydrogen) atoms. The monoisotopic (exact) mass is 310 g/mol. The van der Waals surface area contributed by atoms with Crippen LogP contribution in [0.3, 0.4) is 0 Å². The topological polar surface area (TPSA) is 24.8 Å². The van der Waals surface area contributed by atoms with Crippen molar-refractivity contribution in [1.82, 2.24) is 4.90 Å². The van der Waals surface area contributed by atoms with E-state index in [-0.39, 0.29) is 5.41 Å². The first kappa shape index (κ1) is 14.0. The van der Waals surface area contributed by atoms with Gasteiger partial charge >= 0.3 is 0 Å². The predicted octanol–water partition coefficient (Wildman–Crippen LogP) is 4.08. The van der Waals surface area contributed by atoms with Gasteiger partial charge in [0.15, 0.2) is 0 Å². The molecule has 0 N–H and O–H groups in total. The van der Waals surface area contributed by atoms with Gasteiger partial charge in [0.05, 0.1) is 12.5 Å². The van der Waals surface area contributed by atoms with E-state index in [1.807, 2.05) is 0 Å². The molecule has 0 amide bonds. The lowest BCUT2D eigenvalue weighted by Gasteiger charge is -2.56. The minimum atomic E-state index is 0.179. The van der Waals surface area contributed by atoms with Crippen LogP contribution < -0.4 is 4.74 Å². The van der Waals surface area contributed by atoms with Crippen molar-refractivity contribution in [3.8, 4) is 5.75 Å². The van der Waals surface area contributed by atoms with Crippen molar-refractivity contribution < 1.29 is 4.74 Å². The number of rotatable bonds is 2. The van der Waals surface area contributed by atoms with Gasteiger partial charge in [0.2, 0.25) is 0 Å². The van der Waals surface area contributed by atoms with Crippen molar-refractivity contribution in [3.63, 3.8) is 0 Å². The van der Waals surface area contributed by atoms with E-state index in [0.717, 1.165) is 11.4 Å². The molecule has 0 radical (unpaired) electrons. The number of ether oxygens (including phenoxy) is 1. The van der Waals surface area contributed by atoms with E-state index in [9.17, 15) is 0 Å². The second-order valence-electron chi connectivity index (χ2n) is 7.89. The highest BCUT2D eigenvalue weighted by Crippen LogP contribution is 2.63. The molecular weight excluding hydrogens is 284 g/mol. The van der Waals surface area contributed by atoms with Gasteiger partial charge in [-0.05, 0) is 68.7 Å². The van der Waals surface area contributed by atoms with Crippen LogP contribution >= 0.6 is 0 Å². The van der Waals surface area contributed by atoms with E-state index in [2.05, 4.69) is 30.0 Å². The van der Waals surface area contributed by atoms with Crippen LogP contribution in [-0.2, 0) is 5.41 Å². The van der Waals surface area contributed by atoms with Crippen molar-refractivity contribution in [2.45, 2.75) is 56.9 Å². The largest absolute Gasteiger partial charge is 0.494 e. The smallest absolute Gasteiger partial charge is 0.144 e. The maximum absolute atomic E-state index is 5.63. The maximum Gasteiger partial charge on any atom is 0.144 e. The van der Waals surface area contributed by atoms with Gasteiger partial charge < -0.3 is 4.74 Å². The second kappa shape index (κ2) is 4.60. The molecule has 3 aliphatic heterocycles. The molecule has 3 heteroatoms. The zero-order valence-corrected chi connectivity index (χ0v) is 14.3. The zero-order chi connectivity index (χ0) is 15.7. The highest BCUT2D eigenvalue weighted by molar-refractivity contribution is 6.04. The van der Waals surface area contributed by atoms with Crippen LogP contribution in [0.5, 0.6) is 5.75 Å². The highest BCUT2D eigenvalue weighted by atomic mass is 16.5. The Balaban J connectivity index is 1.75. The van der Waals surface area contributed by atoms with E-state index in [0.29, 0.717) is 11.5 Å². The molecule has 1 spiro atoms. The molecule has 3 fully saturated rings. The predicted molar refractivity (Wildman–Crippen MR) is 92.9 cm³/mol. The summed E-state index contributed by atoms with van der Waals surface area (Å²) in [5.41, 5.74) is 4.72. The third-order valence-corrected chi connectivity index (χ3v) is 7.35. The first-order chi connectivity index (χ1) is 11.2. The Morgan fingerprint density at radius 1 is 1.26 bits per heavy atom. The lowest BCUT2D eigenvalue weighted by Crippen LogP contribution is -2.61. The fraction of sp³-hybridized carbons (Fsp3) is 0.650. The summed E-state index contributed by atoms with van der Waals surface area (Å²) in [7, 11) is 1.77. The summed E-state index contributed by atoms with van der Waals surface area (Å²) < 4.78 is 5.63. The van der Waals surface area contributed by atoms with Crippen molar-refractivity contribution in [2.24, 2.45) is 10.4 Å². The molecule has 1 saturated carbocycles. The standard InChI is InChI=1S/C20H26N2O/c1-3-19-9-5-12-22-13-11-20(18(19)22)14-6-4-7-15(23-2)17(14)21-16(20)8-10-19/h4,6-7,18H,3,5,8-13H2,1-2H3/t18-,19-,20-/m1/s1. The van der Waals surface area contributed by atoms with Gasteiger partial charge in [0.25, 0.3) is 0 Å². The number of nitrogens with zero attached hydrogens (tertiary/aromatic N) is 2. The Bertz CT molecular complexity index is 697. The SMILES string of the molecule is CC[C@@]12CCCN3CC[C@@]4(C(=Nc5c(OC)cccc54)CC1)[C@H]32. The van der Waals surface area contributed by atoms with Crippen LogP contribution in [0, 0.1) is 5.41 Å². The van der Waals surface area contributed by atoms with Crippen molar-refractivity contribution in [2.75, 3.05) is 20.2 Å². The van der Waals surface area contributed by atoms with Gasteiger partial charge in [-0.25, -0.2) is 0 Å². The van der Waals surface area contributed by atoms with Crippen LogP contribution in [0.15, 0.2) is 23.2 Å². The number of fused-ring (bicyclic) bond motifs is 1. The number of para-hydroxylation sites is 1. The number of benzene rings is 1. The van der Waals surface area contributed by atoms with E-state index in [1.54, 1.807) is 7.11 Å². The molecule has 0 unspecified atom stereocenters. The lowest BCUT2D eigenvalue weighted by molar-refractivity contribution is 0.00461. The lowest BCUT2D eigenvalue weighted by atomic mass is 9.53. The molecular formula is C20H26N2O. The fourth-order valence-electron chi connectivity index (χ4n) is 6.41. The number of hydrogen-bond acceptors (Lipinski definition) is 3. The molecule has 3 atom stereocenters. The second-order valence-corrected chi connectivity index (χ2v) is 7.89. The number of hydrogen-bond donors (Lipinski definition) is 0. The van der Waals surface area contributed by atoms with Crippen LogP contribution in [-0.4, -0.2) is 36.9 Å². The van der Waals surface area contributed by atoms with Gasteiger partial charge in [-0.2, -0.15) is 0 Å². The summed E-state index contributed by atoms with van der Waals surface area (Å²) in [5, 5.41) is 0. The molecule has 0 aromatic heterocycles. The summed E-state index contributed by atoms with van der Waals surface area (Å²) in [4.78, 5) is 7.94. The average molecular weight is 310 g/mol. The maximum atomic E-state index is 5.63. The van der Waals surface area contributed by atoms with Crippen LogP contribution in [0.2, 0.25) is 0 Å². The van der Waals surface area contributed by atoms with Crippen LogP contribution in [0.25, 0.3) is 0 Å². The van der Waals surface area contributed by atoms with Crippen LogP contribution in [0.1, 0.15) is 51.0 Å². The highest BCUT2D eigenvalue weighted by Gasteiger charge is 2.64. The number of piperidine rings is 1. The van der Waals surface area contributed by atoms with E-state index in [1.165, 1.54) is 62.9 Å². The molecule has 1 aromatic carbocycles. The van der Waals surface area contributed by atoms with E-state index in [4.69, 9.17) is 9.73 Å². The van der Waals surface area contributed by atoms with Crippen molar-refractivity contribution >= 4 is 11.4 Å². The van der Waals surface area contributed by atoms with E-state index < -0.39 is 0 Å². The molecule has 1 aromatic rings. The quantitative estimate of drug-likeness (QED) is 0.822. The first-order valence-corrected chi connectivity index (χ1v) is 9.25. The molecule has 3 nitrogen and oxygen atoms in total. The molecule has 4 aliphatic rings. The third kappa shape index (κ3) is 1.52. The van der Waals surface area contributed by atoms with Crippen molar-refractivity contribution in [3.05, 3.63) is 23.8 Å². The normalized spacial score (nSPS) is 37.8. The molecule has 0 bridgehead atoms. The molecule has 3 heterocycles. The van der Waals surface area contributed by atoms with E-state index >= 15 is 0 Å². The average Bonchev–Trinajstić information content (AvgIpc) is 3.15. The van der Waals surface area contributed by atoms with Gasteiger partial charge in [-0.15, -0.1) is 0 Å². The zero-order valence-electron chi connectivity index (χ0n) is 14.3. The van der Waals surface area contributed by atoms with Gasteiger partial charge in [-0.3, -0.25) is 9.89 Å². The minimum Gasteiger partial charge on any atom is -0.494 e. The summed E-state index contributed by atoms with van der Waals surface area (Å²) in [6.07, 6.45) is 7.83. The van der Waals surface area contributed by atoms with Gasteiger partial charge in [-0.1, -0.05) is 19.1 Å². The van der Waals surface area contributed by atoms with Crippen LogP contribution in [0.4, 0.5) is 5.69 Å².